The number of hydrogen-bond donors (Lipinski definition) is 2. The van der Waals surface area contributed by atoms with Crippen LogP contribution in [0.4, 0.5) is 17.1 Å². The van der Waals surface area contributed by atoms with Crippen LogP contribution in [-0.2, 0) is 19.6 Å². The zero-order chi connectivity index (χ0) is 21.8. The Morgan fingerprint density at radius 3 is 2.35 bits per heavy atom. The number of benzene rings is 2. The lowest BCUT2D eigenvalue weighted by Crippen LogP contribution is -2.37. The van der Waals surface area contributed by atoms with Crippen LogP contribution in [0.3, 0.4) is 0 Å². The van der Waals surface area contributed by atoms with Crippen molar-refractivity contribution < 1.29 is 22.7 Å². The van der Waals surface area contributed by atoms with E-state index in [-0.39, 0.29) is 16.7 Å². The monoisotopic (exact) mass is 445 g/mol. The van der Waals surface area contributed by atoms with E-state index in [2.05, 4.69) is 10.0 Å². The van der Waals surface area contributed by atoms with Gasteiger partial charge in [0.2, 0.25) is 5.91 Å². The Labute approximate surface area is 182 Å². The summed E-state index contributed by atoms with van der Waals surface area (Å²) in [5.41, 5.74) is 1.49. The van der Waals surface area contributed by atoms with E-state index >= 15 is 0 Å². The second-order valence-electron chi connectivity index (χ2n) is 7.73. The summed E-state index contributed by atoms with van der Waals surface area (Å²) < 4.78 is 39.9. The van der Waals surface area contributed by atoms with Crippen molar-refractivity contribution in [3.05, 3.63) is 42.5 Å². The summed E-state index contributed by atoms with van der Waals surface area (Å²) in [4.78, 5) is 14.5. The number of morpholine rings is 1. The summed E-state index contributed by atoms with van der Waals surface area (Å²) in [5, 5.41) is 2.87. The number of ether oxygens (including phenoxy) is 2. The first-order valence-corrected chi connectivity index (χ1v) is 11.9. The maximum Gasteiger partial charge on any atom is 0.264 e. The van der Waals surface area contributed by atoms with Gasteiger partial charge in [-0.1, -0.05) is 6.42 Å². The first-order valence-electron chi connectivity index (χ1n) is 10.4. The Balaban J connectivity index is 1.64. The van der Waals surface area contributed by atoms with Crippen molar-refractivity contribution in [1.29, 1.82) is 0 Å². The third-order valence-corrected chi connectivity index (χ3v) is 7.10. The number of methoxy groups -OCH3 is 1. The molecule has 0 aromatic heterocycles. The fourth-order valence-corrected chi connectivity index (χ4v) is 4.97. The lowest BCUT2D eigenvalue weighted by atomic mass is 9.85. The number of amides is 1. The van der Waals surface area contributed by atoms with Crippen LogP contribution in [0.5, 0.6) is 5.75 Å². The number of carbonyl (C=O) groups is 1. The third kappa shape index (κ3) is 4.94. The Morgan fingerprint density at radius 2 is 1.74 bits per heavy atom. The van der Waals surface area contributed by atoms with Gasteiger partial charge >= 0.3 is 0 Å². The van der Waals surface area contributed by atoms with Gasteiger partial charge in [-0.2, -0.15) is 0 Å². The topological polar surface area (TPSA) is 97.0 Å². The van der Waals surface area contributed by atoms with Crippen molar-refractivity contribution in [1.82, 2.24) is 0 Å². The van der Waals surface area contributed by atoms with Crippen molar-refractivity contribution in [2.45, 2.75) is 24.2 Å². The van der Waals surface area contributed by atoms with Crippen LogP contribution in [-0.4, -0.2) is 47.7 Å². The number of rotatable bonds is 7. The van der Waals surface area contributed by atoms with E-state index < -0.39 is 10.0 Å². The molecule has 1 saturated heterocycles. The molecule has 2 fully saturated rings. The average Bonchev–Trinajstić information content (AvgIpc) is 2.73. The van der Waals surface area contributed by atoms with Crippen LogP contribution < -0.4 is 19.7 Å². The molecule has 1 amide bonds. The van der Waals surface area contributed by atoms with Crippen LogP contribution in [0.1, 0.15) is 19.3 Å². The Hall–Kier alpha value is -2.78. The molecule has 1 saturated carbocycles. The summed E-state index contributed by atoms with van der Waals surface area (Å²) in [7, 11) is -2.35. The second-order valence-corrected chi connectivity index (χ2v) is 9.38. The molecule has 166 valence electrons. The molecule has 0 atom stereocenters. The first kappa shape index (κ1) is 21.5. The molecule has 0 bridgehead atoms. The van der Waals surface area contributed by atoms with Crippen molar-refractivity contribution in [3.63, 3.8) is 0 Å². The van der Waals surface area contributed by atoms with Crippen LogP contribution in [0.15, 0.2) is 47.4 Å². The molecule has 2 aliphatic rings. The van der Waals surface area contributed by atoms with Gasteiger partial charge in [0, 0.05) is 30.4 Å². The fraction of sp³-hybridized carbons (Fsp3) is 0.409. The van der Waals surface area contributed by atoms with E-state index in [0.717, 1.165) is 19.3 Å². The van der Waals surface area contributed by atoms with E-state index in [0.29, 0.717) is 49.1 Å². The maximum absolute atomic E-state index is 13.3. The average molecular weight is 446 g/mol. The van der Waals surface area contributed by atoms with Gasteiger partial charge < -0.3 is 19.7 Å². The highest BCUT2D eigenvalue weighted by Gasteiger charge is 2.27. The van der Waals surface area contributed by atoms with Gasteiger partial charge in [0.1, 0.15) is 10.6 Å². The molecule has 9 heteroatoms. The molecule has 2 N–H and O–H groups in total. The number of sulfonamides is 1. The predicted octanol–water partition coefficient (Wildman–Crippen LogP) is 3.07. The fourth-order valence-electron chi connectivity index (χ4n) is 3.66. The minimum atomic E-state index is -3.91. The number of anilines is 3. The molecule has 31 heavy (non-hydrogen) atoms. The highest BCUT2D eigenvalue weighted by atomic mass is 32.2. The largest absolute Gasteiger partial charge is 0.497 e. The molecule has 1 heterocycles. The Bertz CT molecular complexity index is 1030. The minimum Gasteiger partial charge on any atom is -0.497 e. The lowest BCUT2D eigenvalue weighted by Gasteiger charge is -2.31. The number of carbonyl (C=O) groups excluding carboxylic acids is 1. The maximum atomic E-state index is 13.3. The van der Waals surface area contributed by atoms with Crippen molar-refractivity contribution in [3.8, 4) is 5.75 Å². The summed E-state index contributed by atoms with van der Waals surface area (Å²) in [6, 6.07) is 11.7. The normalized spacial score (nSPS) is 17.0. The molecule has 8 nitrogen and oxygen atoms in total. The molecule has 0 radical (unpaired) electrons. The van der Waals surface area contributed by atoms with Gasteiger partial charge in [-0.05, 0) is 55.3 Å². The van der Waals surface area contributed by atoms with E-state index in [9.17, 15) is 13.2 Å². The van der Waals surface area contributed by atoms with Gasteiger partial charge in [-0.3, -0.25) is 9.52 Å². The van der Waals surface area contributed by atoms with Gasteiger partial charge in [0.25, 0.3) is 10.0 Å². The number of hydrogen-bond acceptors (Lipinski definition) is 6. The van der Waals surface area contributed by atoms with Crippen molar-refractivity contribution >= 4 is 33.0 Å². The summed E-state index contributed by atoms with van der Waals surface area (Å²) in [6.45, 7) is 2.26. The quantitative estimate of drug-likeness (QED) is 0.680. The smallest absolute Gasteiger partial charge is 0.264 e. The van der Waals surface area contributed by atoms with Crippen LogP contribution >= 0.6 is 0 Å². The van der Waals surface area contributed by atoms with Gasteiger partial charge in [0.05, 0.1) is 26.0 Å². The number of nitrogens with zero attached hydrogens (tertiary/aromatic N) is 1. The van der Waals surface area contributed by atoms with Crippen LogP contribution in [0.25, 0.3) is 0 Å². The first-order chi connectivity index (χ1) is 15.0. The standard InChI is InChI=1S/C22H27N3O5S/c1-29-19-8-5-17(6-9-19)24-31(27,28)21-15-18(23-22(26)16-3-2-4-16)7-10-20(21)25-11-13-30-14-12-25/h5-10,15-16,24H,2-4,11-14H2,1H3,(H,23,26). The van der Waals surface area contributed by atoms with Crippen LogP contribution in [0, 0.1) is 5.92 Å². The lowest BCUT2D eigenvalue weighted by molar-refractivity contribution is -0.122. The van der Waals surface area contributed by atoms with Gasteiger partial charge in [0.15, 0.2) is 0 Å². The molecule has 0 unspecified atom stereocenters. The summed E-state index contributed by atoms with van der Waals surface area (Å²) in [6.07, 6.45) is 2.81. The SMILES string of the molecule is COc1ccc(NS(=O)(=O)c2cc(NC(=O)C3CCC3)ccc2N2CCOCC2)cc1. The molecular formula is C22H27N3O5S. The molecule has 2 aromatic carbocycles. The zero-order valence-electron chi connectivity index (χ0n) is 17.5. The second kappa shape index (κ2) is 9.15. The van der Waals surface area contributed by atoms with Crippen LogP contribution in [0.2, 0.25) is 0 Å². The predicted molar refractivity (Wildman–Crippen MR) is 119 cm³/mol. The van der Waals surface area contributed by atoms with Crippen molar-refractivity contribution in [2.24, 2.45) is 5.92 Å². The van der Waals surface area contributed by atoms with Crippen molar-refractivity contribution in [2.75, 3.05) is 48.4 Å². The molecule has 2 aromatic rings. The van der Waals surface area contributed by atoms with E-state index in [4.69, 9.17) is 9.47 Å². The van der Waals surface area contributed by atoms with Gasteiger partial charge in [-0.25, -0.2) is 8.42 Å². The molecule has 4 rings (SSSR count). The van der Waals surface area contributed by atoms with E-state index in [1.807, 2.05) is 4.90 Å². The molecule has 0 spiro atoms. The summed E-state index contributed by atoms with van der Waals surface area (Å²) in [5.74, 6) is 0.589. The zero-order valence-corrected chi connectivity index (χ0v) is 18.3. The molecule has 1 aliphatic carbocycles. The highest BCUT2D eigenvalue weighted by molar-refractivity contribution is 7.92. The number of nitrogens with one attached hydrogen (secondary N) is 2. The Kier molecular flexibility index (Phi) is 6.33. The molecule has 1 aliphatic heterocycles. The van der Waals surface area contributed by atoms with E-state index in [1.54, 1.807) is 43.5 Å². The van der Waals surface area contributed by atoms with E-state index in [1.165, 1.54) is 6.07 Å². The summed E-state index contributed by atoms with van der Waals surface area (Å²) >= 11 is 0. The Morgan fingerprint density at radius 1 is 1.06 bits per heavy atom. The minimum absolute atomic E-state index is 0.0106. The highest BCUT2D eigenvalue weighted by Crippen LogP contribution is 2.32. The molecular weight excluding hydrogens is 418 g/mol. The van der Waals surface area contributed by atoms with Gasteiger partial charge in [-0.15, -0.1) is 0 Å². The third-order valence-electron chi connectivity index (χ3n) is 5.69.